The Kier molecular flexibility index (Phi) is 4.43. The Labute approximate surface area is 117 Å². The van der Waals surface area contributed by atoms with Crippen LogP contribution in [0.15, 0.2) is 35.4 Å². The highest BCUT2D eigenvalue weighted by Crippen LogP contribution is 2.26. The number of rotatable bonds is 5. The molecule has 0 atom stereocenters. The number of hydrogen-bond acceptors (Lipinski definition) is 3. The number of aromatic nitrogens is 1. The van der Waals surface area contributed by atoms with E-state index in [4.69, 9.17) is 0 Å². The van der Waals surface area contributed by atoms with E-state index in [0.29, 0.717) is 16.5 Å². The molecule has 3 nitrogen and oxygen atoms in total. The summed E-state index contributed by atoms with van der Waals surface area (Å²) in [6.07, 6.45) is 1.05. The molecule has 0 saturated carbocycles. The van der Waals surface area contributed by atoms with E-state index in [1.165, 1.54) is 11.8 Å². The van der Waals surface area contributed by atoms with Gasteiger partial charge in [-0.05, 0) is 30.2 Å². The summed E-state index contributed by atoms with van der Waals surface area (Å²) in [5.41, 5.74) is 1.15. The number of fused-ring (bicyclic) bond motifs is 1. The van der Waals surface area contributed by atoms with Crippen LogP contribution in [0.5, 0.6) is 0 Å². The summed E-state index contributed by atoms with van der Waals surface area (Å²) in [6, 6.07) is 9.31. The van der Waals surface area contributed by atoms with Crippen molar-refractivity contribution in [3.63, 3.8) is 0 Å². The average molecular weight is 275 g/mol. The summed E-state index contributed by atoms with van der Waals surface area (Å²) in [7, 11) is 0. The van der Waals surface area contributed by atoms with E-state index >= 15 is 0 Å². The van der Waals surface area contributed by atoms with Crippen LogP contribution in [0, 0.1) is 5.92 Å². The molecule has 1 aromatic heterocycles. The molecule has 0 aliphatic carbocycles. The molecule has 2 rings (SSSR count). The van der Waals surface area contributed by atoms with Crippen molar-refractivity contribution in [2.75, 3.05) is 5.75 Å². The summed E-state index contributed by atoms with van der Waals surface area (Å²) >= 11 is 1.53. The van der Waals surface area contributed by atoms with Gasteiger partial charge in [-0.1, -0.05) is 32.0 Å². The van der Waals surface area contributed by atoms with Crippen molar-refractivity contribution < 1.29 is 9.90 Å². The van der Waals surface area contributed by atoms with E-state index in [9.17, 15) is 9.90 Å². The maximum atomic E-state index is 11.3. The van der Waals surface area contributed by atoms with Gasteiger partial charge < -0.3 is 5.11 Å². The number of thioether (sulfide) groups is 1. The molecule has 0 unspecified atom stereocenters. The summed E-state index contributed by atoms with van der Waals surface area (Å²) in [5, 5.41) is 10.8. The average Bonchev–Trinajstić information content (AvgIpc) is 2.37. The largest absolute Gasteiger partial charge is 0.478 e. The van der Waals surface area contributed by atoms with Crippen LogP contribution in [-0.4, -0.2) is 21.8 Å². The maximum Gasteiger partial charge on any atom is 0.338 e. The second kappa shape index (κ2) is 6.06. The predicted molar refractivity (Wildman–Crippen MR) is 78.9 cm³/mol. The van der Waals surface area contributed by atoms with Gasteiger partial charge in [0.25, 0.3) is 0 Å². The number of pyridine rings is 1. The summed E-state index contributed by atoms with van der Waals surface area (Å²) in [4.78, 5) is 15.8. The van der Waals surface area contributed by atoms with E-state index in [2.05, 4.69) is 18.8 Å². The van der Waals surface area contributed by atoms with Crippen molar-refractivity contribution in [1.29, 1.82) is 0 Å². The molecule has 1 N–H and O–H groups in total. The van der Waals surface area contributed by atoms with Crippen LogP contribution in [0.2, 0.25) is 0 Å². The second-order valence-corrected chi connectivity index (χ2v) is 5.95. The van der Waals surface area contributed by atoms with Gasteiger partial charge in [-0.3, -0.25) is 0 Å². The van der Waals surface area contributed by atoms with Crippen molar-refractivity contribution >= 4 is 28.6 Å². The van der Waals surface area contributed by atoms with Crippen LogP contribution in [0.3, 0.4) is 0 Å². The lowest BCUT2D eigenvalue weighted by molar-refractivity contribution is 0.0692. The Bertz CT molecular complexity index is 596. The first-order valence-electron chi connectivity index (χ1n) is 6.34. The SMILES string of the molecule is CC(C)CCSc1nc2ccccc2cc1C(=O)O. The zero-order chi connectivity index (χ0) is 13.8. The lowest BCUT2D eigenvalue weighted by Crippen LogP contribution is -2.02. The minimum Gasteiger partial charge on any atom is -0.478 e. The molecule has 100 valence electrons. The van der Waals surface area contributed by atoms with Gasteiger partial charge in [-0.15, -0.1) is 11.8 Å². The smallest absolute Gasteiger partial charge is 0.338 e. The van der Waals surface area contributed by atoms with E-state index in [1.807, 2.05) is 24.3 Å². The number of para-hydroxylation sites is 1. The van der Waals surface area contributed by atoms with Crippen LogP contribution in [0.1, 0.15) is 30.6 Å². The first-order chi connectivity index (χ1) is 9.08. The molecule has 0 bridgehead atoms. The fourth-order valence-electron chi connectivity index (χ4n) is 1.75. The maximum absolute atomic E-state index is 11.3. The Balaban J connectivity index is 2.33. The topological polar surface area (TPSA) is 50.2 Å². The van der Waals surface area contributed by atoms with Gasteiger partial charge in [0.05, 0.1) is 11.1 Å². The Morgan fingerprint density at radius 2 is 2.11 bits per heavy atom. The summed E-state index contributed by atoms with van der Waals surface area (Å²) in [6.45, 7) is 4.32. The first-order valence-corrected chi connectivity index (χ1v) is 7.32. The van der Waals surface area contributed by atoms with E-state index in [-0.39, 0.29) is 0 Å². The van der Waals surface area contributed by atoms with Crippen molar-refractivity contribution in [1.82, 2.24) is 4.98 Å². The van der Waals surface area contributed by atoms with Crippen LogP contribution in [-0.2, 0) is 0 Å². The van der Waals surface area contributed by atoms with Crippen LogP contribution in [0.4, 0.5) is 0 Å². The lowest BCUT2D eigenvalue weighted by atomic mass is 10.1. The van der Waals surface area contributed by atoms with Gasteiger partial charge >= 0.3 is 5.97 Å². The fraction of sp³-hybridized carbons (Fsp3) is 0.333. The third kappa shape index (κ3) is 3.47. The van der Waals surface area contributed by atoms with E-state index in [1.54, 1.807) is 6.07 Å². The number of nitrogens with zero attached hydrogens (tertiary/aromatic N) is 1. The molecule has 1 aromatic carbocycles. The third-order valence-electron chi connectivity index (χ3n) is 2.85. The van der Waals surface area contributed by atoms with Gasteiger partial charge in [0.2, 0.25) is 0 Å². The molecule has 4 heteroatoms. The number of carbonyl (C=O) groups is 1. The molecule has 0 saturated heterocycles. The molecular weight excluding hydrogens is 258 g/mol. The van der Waals surface area contributed by atoms with Crippen molar-refractivity contribution in [2.24, 2.45) is 5.92 Å². The lowest BCUT2D eigenvalue weighted by Gasteiger charge is -2.08. The molecule has 0 amide bonds. The predicted octanol–water partition coefficient (Wildman–Crippen LogP) is 4.07. The third-order valence-corrected chi connectivity index (χ3v) is 3.88. The van der Waals surface area contributed by atoms with E-state index in [0.717, 1.165) is 23.1 Å². The zero-order valence-corrected chi connectivity index (χ0v) is 11.9. The van der Waals surface area contributed by atoms with Gasteiger partial charge in [0, 0.05) is 5.39 Å². The minimum atomic E-state index is -0.912. The molecular formula is C15H17NO2S. The quantitative estimate of drug-likeness (QED) is 0.836. The van der Waals surface area contributed by atoms with E-state index < -0.39 is 5.97 Å². The molecule has 0 aliphatic heterocycles. The van der Waals surface area contributed by atoms with Crippen molar-refractivity contribution in [2.45, 2.75) is 25.3 Å². The zero-order valence-electron chi connectivity index (χ0n) is 11.1. The minimum absolute atomic E-state index is 0.299. The number of aromatic carboxylic acids is 1. The van der Waals surface area contributed by atoms with Crippen molar-refractivity contribution in [3.8, 4) is 0 Å². The monoisotopic (exact) mass is 275 g/mol. The summed E-state index contributed by atoms with van der Waals surface area (Å²) in [5.74, 6) is 0.593. The molecule has 19 heavy (non-hydrogen) atoms. The first kappa shape index (κ1) is 13.9. The number of benzene rings is 1. The molecule has 0 fully saturated rings. The van der Waals surface area contributed by atoms with Crippen molar-refractivity contribution in [3.05, 3.63) is 35.9 Å². The standard InChI is InChI=1S/C15H17NO2S/c1-10(2)7-8-19-14-12(15(17)18)9-11-5-3-4-6-13(11)16-14/h3-6,9-10H,7-8H2,1-2H3,(H,17,18). The Morgan fingerprint density at radius 3 is 2.79 bits per heavy atom. The highest BCUT2D eigenvalue weighted by atomic mass is 32.2. The molecule has 0 radical (unpaired) electrons. The van der Waals surface area contributed by atoms with Gasteiger partial charge in [-0.25, -0.2) is 9.78 Å². The van der Waals surface area contributed by atoms with Crippen LogP contribution in [0.25, 0.3) is 10.9 Å². The molecule has 0 spiro atoms. The van der Waals surface area contributed by atoms with Crippen LogP contribution >= 0.6 is 11.8 Å². The molecule has 2 aromatic rings. The second-order valence-electron chi connectivity index (χ2n) is 4.87. The summed E-state index contributed by atoms with van der Waals surface area (Å²) < 4.78 is 0. The fourth-order valence-corrected chi connectivity index (χ4v) is 3.00. The Hall–Kier alpha value is -1.55. The molecule has 0 aliphatic rings. The van der Waals surface area contributed by atoms with Gasteiger partial charge in [0.1, 0.15) is 5.03 Å². The highest BCUT2D eigenvalue weighted by Gasteiger charge is 2.13. The number of carboxylic acid groups (broad SMARTS) is 1. The Morgan fingerprint density at radius 1 is 1.37 bits per heavy atom. The van der Waals surface area contributed by atoms with Crippen LogP contribution < -0.4 is 0 Å². The number of hydrogen-bond donors (Lipinski definition) is 1. The van der Waals surface area contributed by atoms with Gasteiger partial charge in [0.15, 0.2) is 0 Å². The molecule has 1 heterocycles. The highest BCUT2D eigenvalue weighted by molar-refractivity contribution is 7.99. The number of carboxylic acids is 1. The normalized spacial score (nSPS) is 11.1. The van der Waals surface area contributed by atoms with Gasteiger partial charge in [-0.2, -0.15) is 0 Å².